The van der Waals surface area contributed by atoms with E-state index in [0.29, 0.717) is 11.5 Å². The fraction of sp³-hybridized carbons (Fsp3) is 0.136. The summed E-state index contributed by atoms with van der Waals surface area (Å²) in [4.78, 5) is 29.2. The number of amides is 2. The lowest BCUT2D eigenvalue weighted by Crippen LogP contribution is -2.27. The number of hydrogen-bond donors (Lipinski definition) is 2. The minimum Gasteiger partial charge on any atom is -0.459 e. The quantitative estimate of drug-likeness (QED) is 0.528. The second-order valence-electron chi connectivity index (χ2n) is 6.59. The number of rotatable bonds is 6. The summed E-state index contributed by atoms with van der Waals surface area (Å²) in [5.41, 5.74) is 3.41. The van der Waals surface area contributed by atoms with Crippen molar-refractivity contribution < 1.29 is 14.0 Å². The molecule has 4 aromatic rings. The van der Waals surface area contributed by atoms with Gasteiger partial charge in [0.25, 0.3) is 5.91 Å². The number of carbonyl (C=O) groups is 2. The van der Waals surface area contributed by atoms with E-state index in [1.54, 1.807) is 12.1 Å². The molecule has 146 valence electrons. The minimum absolute atomic E-state index is 0.125. The molecule has 2 N–H and O–H groups in total. The van der Waals surface area contributed by atoms with Gasteiger partial charge < -0.3 is 15.1 Å². The number of nitrogens with zero attached hydrogens (tertiary/aromatic N) is 2. The Kier molecular flexibility index (Phi) is 5.11. The van der Waals surface area contributed by atoms with E-state index in [-0.39, 0.29) is 30.5 Å². The fourth-order valence-electron chi connectivity index (χ4n) is 3.10. The SMILES string of the molecule is Cc1cccn2c(NC(=O)CCNC(=O)c3ccco3)c(-c3ccccc3)nc12. The predicted molar refractivity (Wildman–Crippen MR) is 110 cm³/mol. The molecule has 3 aromatic heterocycles. The first-order valence-corrected chi connectivity index (χ1v) is 9.28. The van der Waals surface area contributed by atoms with Gasteiger partial charge in [-0.05, 0) is 30.7 Å². The topological polar surface area (TPSA) is 88.6 Å². The van der Waals surface area contributed by atoms with Gasteiger partial charge in [0.2, 0.25) is 5.91 Å². The molecule has 0 fully saturated rings. The smallest absolute Gasteiger partial charge is 0.286 e. The highest BCUT2D eigenvalue weighted by Crippen LogP contribution is 2.29. The Bertz CT molecular complexity index is 1150. The molecule has 0 saturated carbocycles. The molecule has 0 radical (unpaired) electrons. The second kappa shape index (κ2) is 8.02. The summed E-state index contributed by atoms with van der Waals surface area (Å²) in [6.45, 7) is 2.18. The highest BCUT2D eigenvalue weighted by Gasteiger charge is 2.17. The number of aromatic nitrogens is 2. The van der Waals surface area contributed by atoms with Crippen LogP contribution in [0.4, 0.5) is 5.82 Å². The van der Waals surface area contributed by atoms with Crippen molar-refractivity contribution in [3.05, 3.63) is 78.4 Å². The number of carbonyl (C=O) groups excluding carboxylic acids is 2. The van der Waals surface area contributed by atoms with Crippen LogP contribution in [-0.4, -0.2) is 27.7 Å². The Labute approximate surface area is 167 Å². The Morgan fingerprint density at radius 1 is 1.07 bits per heavy atom. The third kappa shape index (κ3) is 3.89. The lowest BCUT2D eigenvalue weighted by atomic mass is 10.1. The van der Waals surface area contributed by atoms with Crippen molar-refractivity contribution >= 4 is 23.3 Å². The number of imidazole rings is 1. The van der Waals surface area contributed by atoms with Gasteiger partial charge in [-0.25, -0.2) is 4.98 Å². The Balaban J connectivity index is 1.53. The molecular weight excluding hydrogens is 368 g/mol. The third-order valence-corrected chi connectivity index (χ3v) is 4.53. The van der Waals surface area contributed by atoms with Crippen molar-refractivity contribution in [3.63, 3.8) is 0 Å². The zero-order chi connectivity index (χ0) is 20.2. The van der Waals surface area contributed by atoms with Gasteiger partial charge in [0, 0.05) is 24.7 Å². The maximum absolute atomic E-state index is 12.6. The van der Waals surface area contributed by atoms with Gasteiger partial charge in [-0.1, -0.05) is 36.4 Å². The zero-order valence-electron chi connectivity index (χ0n) is 15.9. The third-order valence-electron chi connectivity index (χ3n) is 4.53. The van der Waals surface area contributed by atoms with E-state index in [2.05, 4.69) is 10.6 Å². The van der Waals surface area contributed by atoms with Crippen molar-refractivity contribution in [1.29, 1.82) is 0 Å². The zero-order valence-corrected chi connectivity index (χ0v) is 15.9. The maximum atomic E-state index is 12.6. The number of fused-ring (bicyclic) bond motifs is 1. The average molecular weight is 388 g/mol. The van der Waals surface area contributed by atoms with Crippen molar-refractivity contribution in [3.8, 4) is 11.3 Å². The number of aryl methyl sites for hydroxylation is 1. The van der Waals surface area contributed by atoms with Crippen LogP contribution < -0.4 is 10.6 Å². The van der Waals surface area contributed by atoms with Crippen molar-refractivity contribution in [2.24, 2.45) is 0 Å². The van der Waals surface area contributed by atoms with Gasteiger partial charge in [0.1, 0.15) is 17.2 Å². The lowest BCUT2D eigenvalue weighted by molar-refractivity contribution is -0.116. The number of nitrogens with one attached hydrogen (secondary N) is 2. The molecule has 2 amide bonds. The van der Waals surface area contributed by atoms with Crippen molar-refractivity contribution in [2.75, 3.05) is 11.9 Å². The minimum atomic E-state index is -0.349. The highest BCUT2D eigenvalue weighted by molar-refractivity contribution is 5.96. The summed E-state index contributed by atoms with van der Waals surface area (Å²) in [6, 6.07) is 16.8. The molecule has 3 heterocycles. The van der Waals surface area contributed by atoms with Gasteiger partial charge in [0.05, 0.1) is 6.26 Å². The van der Waals surface area contributed by atoms with E-state index in [0.717, 1.165) is 16.8 Å². The van der Waals surface area contributed by atoms with Gasteiger partial charge in [-0.15, -0.1) is 0 Å². The molecule has 0 atom stereocenters. The molecule has 4 rings (SSSR count). The van der Waals surface area contributed by atoms with E-state index in [1.165, 1.54) is 6.26 Å². The summed E-state index contributed by atoms with van der Waals surface area (Å²) in [6.07, 6.45) is 3.43. The van der Waals surface area contributed by atoms with Crippen LogP contribution in [0.2, 0.25) is 0 Å². The van der Waals surface area contributed by atoms with Gasteiger partial charge in [-0.2, -0.15) is 0 Å². The van der Waals surface area contributed by atoms with E-state index in [9.17, 15) is 9.59 Å². The van der Waals surface area contributed by atoms with E-state index in [1.807, 2.05) is 60.0 Å². The van der Waals surface area contributed by atoms with Crippen LogP contribution in [0.25, 0.3) is 16.9 Å². The summed E-state index contributed by atoms with van der Waals surface area (Å²) in [5.74, 6) is 0.259. The van der Waals surface area contributed by atoms with Crippen molar-refractivity contribution in [1.82, 2.24) is 14.7 Å². The Hall–Kier alpha value is -3.87. The molecular formula is C22H20N4O3. The number of furan rings is 1. The normalized spacial score (nSPS) is 10.8. The number of pyridine rings is 1. The van der Waals surface area contributed by atoms with Crippen LogP contribution in [0, 0.1) is 6.92 Å². The van der Waals surface area contributed by atoms with Crippen molar-refractivity contribution in [2.45, 2.75) is 13.3 Å². The summed E-state index contributed by atoms with van der Waals surface area (Å²) in [7, 11) is 0. The second-order valence-corrected chi connectivity index (χ2v) is 6.59. The van der Waals surface area contributed by atoms with Gasteiger partial charge >= 0.3 is 0 Å². The highest BCUT2D eigenvalue weighted by atomic mass is 16.3. The first kappa shape index (κ1) is 18.5. The molecule has 7 nitrogen and oxygen atoms in total. The lowest BCUT2D eigenvalue weighted by Gasteiger charge is -2.08. The maximum Gasteiger partial charge on any atom is 0.286 e. The number of hydrogen-bond acceptors (Lipinski definition) is 4. The first-order chi connectivity index (χ1) is 14.1. The first-order valence-electron chi connectivity index (χ1n) is 9.28. The standard InChI is InChI=1S/C22H20N4O3/c1-15-7-5-13-26-20(15)25-19(16-8-3-2-4-9-16)21(26)24-18(27)11-12-23-22(28)17-10-6-14-29-17/h2-10,13-14H,11-12H2,1H3,(H,23,28)(H,24,27). The average Bonchev–Trinajstić information content (AvgIpc) is 3.38. The largest absolute Gasteiger partial charge is 0.459 e. The van der Waals surface area contributed by atoms with Crippen LogP contribution in [0.1, 0.15) is 22.5 Å². The molecule has 0 aliphatic carbocycles. The number of anilines is 1. The fourth-order valence-corrected chi connectivity index (χ4v) is 3.10. The van der Waals surface area contributed by atoms with Crippen LogP contribution in [0.15, 0.2) is 71.5 Å². The molecule has 0 bridgehead atoms. The van der Waals surface area contributed by atoms with Crippen LogP contribution in [0.5, 0.6) is 0 Å². The molecule has 0 spiro atoms. The van der Waals surface area contributed by atoms with Gasteiger partial charge in [0.15, 0.2) is 5.76 Å². The molecule has 29 heavy (non-hydrogen) atoms. The van der Waals surface area contributed by atoms with Crippen LogP contribution in [-0.2, 0) is 4.79 Å². The van der Waals surface area contributed by atoms with Gasteiger partial charge in [-0.3, -0.25) is 14.0 Å². The van der Waals surface area contributed by atoms with E-state index < -0.39 is 0 Å². The van der Waals surface area contributed by atoms with E-state index in [4.69, 9.17) is 9.40 Å². The van der Waals surface area contributed by atoms with Crippen LogP contribution in [0.3, 0.4) is 0 Å². The molecule has 0 aliphatic rings. The Morgan fingerprint density at radius 3 is 2.66 bits per heavy atom. The molecule has 0 saturated heterocycles. The van der Waals surface area contributed by atoms with E-state index >= 15 is 0 Å². The molecule has 0 unspecified atom stereocenters. The molecule has 7 heteroatoms. The molecule has 0 aliphatic heterocycles. The monoisotopic (exact) mass is 388 g/mol. The summed E-state index contributed by atoms with van der Waals surface area (Å²) >= 11 is 0. The summed E-state index contributed by atoms with van der Waals surface area (Å²) < 4.78 is 6.91. The summed E-state index contributed by atoms with van der Waals surface area (Å²) in [5, 5.41) is 5.63. The Morgan fingerprint density at radius 2 is 1.90 bits per heavy atom. The predicted octanol–water partition coefficient (Wildman–Crippen LogP) is 3.66. The van der Waals surface area contributed by atoms with Crippen LogP contribution >= 0.6 is 0 Å². The number of benzene rings is 1. The molecule has 1 aromatic carbocycles.